The number of allylic oxidation sites excluding steroid dienone is 2. The summed E-state index contributed by atoms with van der Waals surface area (Å²) in [4.78, 5) is 10.9. The topological polar surface area (TPSA) is 38.3 Å². The van der Waals surface area contributed by atoms with Crippen LogP contribution >= 0.6 is 0 Å². The van der Waals surface area contributed by atoms with Gasteiger partial charge in [-0.2, -0.15) is 0 Å². The van der Waals surface area contributed by atoms with Crippen LogP contribution < -0.4 is 10.1 Å². The van der Waals surface area contributed by atoms with E-state index in [0.29, 0.717) is 0 Å². The van der Waals surface area contributed by atoms with Gasteiger partial charge in [0.15, 0.2) is 5.78 Å². The predicted octanol–water partition coefficient (Wildman–Crippen LogP) is 2.32. The number of para-hydroxylation sites is 1. The van der Waals surface area contributed by atoms with Crippen molar-refractivity contribution in [2.24, 2.45) is 0 Å². The Morgan fingerprint density at radius 3 is 2.71 bits per heavy atom. The molecule has 1 aromatic rings. The van der Waals surface area contributed by atoms with E-state index < -0.39 is 0 Å². The molecule has 0 heterocycles. The van der Waals surface area contributed by atoms with E-state index in [0.717, 1.165) is 30.0 Å². The zero-order valence-electron chi connectivity index (χ0n) is 10.6. The van der Waals surface area contributed by atoms with Crippen molar-refractivity contribution in [2.75, 3.05) is 13.7 Å². The molecule has 0 unspecified atom stereocenters. The fourth-order valence-electron chi connectivity index (χ4n) is 1.66. The summed E-state index contributed by atoms with van der Waals surface area (Å²) in [6, 6.07) is 7.95. The van der Waals surface area contributed by atoms with E-state index in [-0.39, 0.29) is 5.78 Å². The Morgan fingerprint density at radius 2 is 2.06 bits per heavy atom. The molecule has 0 atom stereocenters. The van der Waals surface area contributed by atoms with Crippen molar-refractivity contribution in [2.45, 2.75) is 20.3 Å². The summed E-state index contributed by atoms with van der Waals surface area (Å²) in [6.07, 6.45) is 2.47. The number of methoxy groups -OCH3 is 1. The monoisotopic (exact) mass is 233 g/mol. The molecule has 0 radical (unpaired) electrons. The Balaban J connectivity index is 2.48. The second kappa shape index (κ2) is 6.74. The van der Waals surface area contributed by atoms with E-state index >= 15 is 0 Å². The maximum Gasteiger partial charge on any atom is 0.154 e. The number of nitrogens with one attached hydrogen (secondary N) is 1. The van der Waals surface area contributed by atoms with Gasteiger partial charge in [0, 0.05) is 12.2 Å². The molecular formula is C14H19NO2. The van der Waals surface area contributed by atoms with Gasteiger partial charge in [0.2, 0.25) is 0 Å². The fraction of sp³-hybridized carbons (Fsp3) is 0.357. The first-order valence-corrected chi connectivity index (χ1v) is 5.68. The average Bonchev–Trinajstić information content (AvgIpc) is 2.28. The van der Waals surface area contributed by atoms with Gasteiger partial charge in [-0.3, -0.25) is 4.79 Å². The van der Waals surface area contributed by atoms with Gasteiger partial charge in [0.25, 0.3) is 0 Å². The summed E-state index contributed by atoms with van der Waals surface area (Å²) in [6.45, 7) is 4.23. The first-order chi connectivity index (χ1) is 8.13. The summed E-state index contributed by atoms with van der Waals surface area (Å²) >= 11 is 0. The molecule has 0 aromatic heterocycles. The fourth-order valence-corrected chi connectivity index (χ4v) is 1.66. The molecule has 0 aliphatic rings. The highest BCUT2D eigenvalue weighted by Gasteiger charge is 2.00. The highest BCUT2D eigenvalue weighted by Crippen LogP contribution is 2.17. The number of ketones is 1. The molecule has 0 aliphatic heterocycles. The summed E-state index contributed by atoms with van der Waals surface area (Å²) < 4.78 is 5.27. The number of ether oxygens (including phenoxy) is 1. The van der Waals surface area contributed by atoms with Crippen molar-refractivity contribution in [3.8, 4) is 5.75 Å². The zero-order valence-corrected chi connectivity index (χ0v) is 10.6. The number of hydrogen-bond donors (Lipinski definition) is 1. The molecule has 0 aliphatic carbocycles. The number of carbonyl (C=O) groups is 1. The van der Waals surface area contributed by atoms with Crippen LogP contribution in [0.2, 0.25) is 0 Å². The lowest BCUT2D eigenvalue weighted by Gasteiger charge is -2.09. The van der Waals surface area contributed by atoms with E-state index in [1.54, 1.807) is 20.1 Å². The Labute approximate surface area is 102 Å². The minimum atomic E-state index is 0.0623. The number of benzene rings is 1. The van der Waals surface area contributed by atoms with Crippen LogP contribution in [0.25, 0.3) is 0 Å². The Kier molecular flexibility index (Phi) is 5.27. The van der Waals surface area contributed by atoms with Crippen molar-refractivity contribution >= 4 is 5.78 Å². The van der Waals surface area contributed by atoms with Crippen molar-refractivity contribution in [3.63, 3.8) is 0 Å². The molecule has 1 N–H and O–H groups in total. The molecule has 0 spiro atoms. The number of hydrogen-bond acceptors (Lipinski definition) is 3. The quantitative estimate of drug-likeness (QED) is 0.766. The second-order valence-corrected chi connectivity index (χ2v) is 3.93. The van der Waals surface area contributed by atoms with Crippen LogP contribution in [-0.2, 0) is 11.2 Å². The third kappa shape index (κ3) is 4.72. The van der Waals surface area contributed by atoms with E-state index in [1.807, 2.05) is 31.2 Å². The molecule has 0 fully saturated rings. The van der Waals surface area contributed by atoms with Crippen molar-refractivity contribution in [1.82, 2.24) is 5.32 Å². The third-order valence-corrected chi connectivity index (χ3v) is 2.41. The molecule has 17 heavy (non-hydrogen) atoms. The van der Waals surface area contributed by atoms with Crippen molar-refractivity contribution in [1.29, 1.82) is 0 Å². The molecule has 3 nitrogen and oxygen atoms in total. The van der Waals surface area contributed by atoms with Gasteiger partial charge in [0.1, 0.15) is 5.75 Å². The molecular weight excluding hydrogens is 214 g/mol. The lowest BCUT2D eigenvalue weighted by molar-refractivity contribution is -0.112. The van der Waals surface area contributed by atoms with Gasteiger partial charge in [-0.25, -0.2) is 0 Å². The minimum Gasteiger partial charge on any atom is -0.496 e. The van der Waals surface area contributed by atoms with Crippen molar-refractivity contribution in [3.05, 3.63) is 41.6 Å². The molecule has 0 amide bonds. The maximum absolute atomic E-state index is 10.9. The minimum absolute atomic E-state index is 0.0623. The largest absolute Gasteiger partial charge is 0.496 e. The lowest BCUT2D eigenvalue weighted by Crippen LogP contribution is -2.15. The van der Waals surface area contributed by atoms with Crippen LogP contribution in [0.5, 0.6) is 5.75 Å². The summed E-state index contributed by atoms with van der Waals surface area (Å²) in [5, 5.41) is 3.20. The van der Waals surface area contributed by atoms with Crippen LogP contribution in [0, 0.1) is 0 Å². The summed E-state index contributed by atoms with van der Waals surface area (Å²) in [5.41, 5.74) is 2.06. The molecule has 0 saturated heterocycles. The summed E-state index contributed by atoms with van der Waals surface area (Å²) in [5.74, 6) is 0.967. The van der Waals surface area contributed by atoms with Gasteiger partial charge in [-0.15, -0.1) is 0 Å². The SMILES string of the molecule is COc1ccccc1CCN/C(C)=C\C(C)=O. The Bertz CT molecular complexity index is 410. The van der Waals surface area contributed by atoms with Crippen LogP contribution in [0.15, 0.2) is 36.0 Å². The average molecular weight is 233 g/mol. The first kappa shape index (κ1) is 13.3. The van der Waals surface area contributed by atoms with E-state index in [1.165, 1.54) is 0 Å². The van der Waals surface area contributed by atoms with E-state index in [2.05, 4.69) is 5.32 Å². The van der Waals surface area contributed by atoms with Crippen molar-refractivity contribution < 1.29 is 9.53 Å². The van der Waals surface area contributed by atoms with E-state index in [9.17, 15) is 4.79 Å². The summed E-state index contributed by atoms with van der Waals surface area (Å²) in [7, 11) is 1.67. The van der Waals surface area contributed by atoms with Gasteiger partial charge >= 0.3 is 0 Å². The van der Waals surface area contributed by atoms with Gasteiger partial charge < -0.3 is 10.1 Å². The molecule has 0 saturated carbocycles. The van der Waals surface area contributed by atoms with Gasteiger partial charge in [0.05, 0.1) is 7.11 Å². The van der Waals surface area contributed by atoms with Crippen LogP contribution in [0.1, 0.15) is 19.4 Å². The predicted molar refractivity (Wildman–Crippen MR) is 69.1 cm³/mol. The van der Waals surface area contributed by atoms with Gasteiger partial charge in [-0.05, 0) is 38.0 Å². The van der Waals surface area contributed by atoms with Crippen LogP contribution in [0.4, 0.5) is 0 Å². The molecule has 1 aromatic carbocycles. The Hall–Kier alpha value is -1.77. The lowest BCUT2D eigenvalue weighted by atomic mass is 10.1. The van der Waals surface area contributed by atoms with Crippen LogP contribution in [0.3, 0.4) is 0 Å². The number of carbonyl (C=O) groups excluding carboxylic acids is 1. The highest BCUT2D eigenvalue weighted by atomic mass is 16.5. The van der Waals surface area contributed by atoms with Crippen LogP contribution in [-0.4, -0.2) is 19.4 Å². The second-order valence-electron chi connectivity index (χ2n) is 3.93. The normalized spacial score (nSPS) is 11.1. The Morgan fingerprint density at radius 1 is 1.35 bits per heavy atom. The highest BCUT2D eigenvalue weighted by molar-refractivity contribution is 5.87. The standard InChI is InChI=1S/C14H19NO2/c1-11(10-12(2)16)15-9-8-13-6-4-5-7-14(13)17-3/h4-7,10,15H,8-9H2,1-3H3/b11-10-. The molecule has 92 valence electrons. The van der Waals surface area contributed by atoms with Gasteiger partial charge in [-0.1, -0.05) is 18.2 Å². The third-order valence-electron chi connectivity index (χ3n) is 2.41. The maximum atomic E-state index is 10.9. The van der Waals surface area contributed by atoms with E-state index in [4.69, 9.17) is 4.74 Å². The number of rotatable bonds is 6. The smallest absolute Gasteiger partial charge is 0.154 e. The zero-order chi connectivity index (χ0) is 12.7. The molecule has 3 heteroatoms. The molecule has 0 bridgehead atoms. The first-order valence-electron chi connectivity index (χ1n) is 5.68. The molecule has 1 rings (SSSR count).